The van der Waals surface area contributed by atoms with Crippen LogP contribution >= 0.6 is 0 Å². The van der Waals surface area contributed by atoms with Gasteiger partial charge in [-0.05, 0) is 48.0 Å². The highest BCUT2D eigenvalue weighted by Crippen LogP contribution is 2.37. The van der Waals surface area contributed by atoms with Crippen molar-refractivity contribution in [3.63, 3.8) is 0 Å². The fourth-order valence-electron chi connectivity index (χ4n) is 2.19. The average Bonchev–Trinajstić information content (AvgIpc) is 2.67. The van der Waals surface area contributed by atoms with Crippen molar-refractivity contribution in [3.05, 3.63) is 47.5 Å². The third-order valence-corrected chi connectivity index (χ3v) is 3.53. The molecule has 0 aliphatic heterocycles. The van der Waals surface area contributed by atoms with Crippen molar-refractivity contribution in [3.8, 4) is 29.1 Å². The number of benzene rings is 2. The molecular formula is C19H18N2O5. The average molecular weight is 354 g/mol. The van der Waals surface area contributed by atoms with Gasteiger partial charge in [0.25, 0.3) is 5.91 Å². The summed E-state index contributed by atoms with van der Waals surface area (Å²) in [5, 5.41) is 21.9. The topological polar surface area (TPSA) is 101 Å². The molecule has 1 amide bonds. The molecule has 2 rings (SSSR count). The molecule has 0 aliphatic carbocycles. The summed E-state index contributed by atoms with van der Waals surface area (Å²) in [7, 11) is 4.33. The van der Waals surface area contributed by atoms with Crippen LogP contribution < -0.4 is 19.5 Å². The SMILES string of the molecule is COc1ccc(NC(=O)/C(C#N)=C/c2cc(OC)c(O)c(OC)c2)cc1. The Labute approximate surface area is 151 Å². The molecule has 0 aromatic heterocycles. The van der Waals surface area contributed by atoms with Crippen LogP contribution in [-0.4, -0.2) is 32.3 Å². The molecule has 0 saturated carbocycles. The normalized spacial score (nSPS) is 10.6. The first-order valence-corrected chi connectivity index (χ1v) is 7.54. The second-order valence-corrected chi connectivity index (χ2v) is 5.13. The Morgan fingerprint density at radius 2 is 1.65 bits per heavy atom. The van der Waals surface area contributed by atoms with E-state index in [0.717, 1.165) is 0 Å². The fourth-order valence-corrected chi connectivity index (χ4v) is 2.19. The number of amides is 1. The van der Waals surface area contributed by atoms with Crippen molar-refractivity contribution in [2.24, 2.45) is 0 Å². The van der Waals surface area contributed by atoms with Crippen molar-refractivity contribution in [1.29, 1.82) is 5.26 Å². The number of hydrogen-bond donors (Lipinski definition) is 2. The van der Waals surface area contributed by atoms with Crippen LogP contribution in [0, 0.1) is 11.3 Å². The smallest absolute Gasteiger partial charge is 0.266 e. The van der Waals surface area contributed by atoms with Gasteiger partial charge in [0.15, 0.2) is 11.5 Å². The van der Waals surface area contributed by atoms with E-state index in [2.05, 4.69) is 5.32 Å². The monoisotopic (exact) mass is 354 g/mol. The summed E-state index contributed by atoms with van der Waals surface area (Å²) in [6.07, 6.45) is 1.38. The van der Waals surface area contributed by atoms with Crippen molar-refractivity contribution < 1.29 is 24.1 Å². The predicted octanol–water partition coefficient (Wildman–Crippen LogP) is 2.96. The standard InChI is InChI=1S/C19H18N2O5/c1-24-15-6-4-14(5-7-15)21-19(23)13(11-20)8-12-9-16(25-2)18(22)17(10-12)26-3/h4-10,22H,1-3H3,(H,21,23)/b13-8+. The van der Waals surface area contributed by atoms with Gasteiger partial charge in [0.1, 0.15) is 17.4 Å². The van der Waals surface area contributed by atoms with E-state index in [1.165, 1.54) is 32.4 Å². The van der Waals surface area contributed by atoms with Crippen LogP contribution in [0.4, 0.5) is 5.69 Å². The third kappa shape index (κ3) is 4.24. The maximum Gasteiger partial charge on any atom is 0.266 e. The number of ether oxygens (including phenoxy) is 3. The van der Waals surface area contributed by atoms with Gasteiger partial charge in [-0.15, -0.1) is 0 Å². The lowest BCUT2D eigenvalue weighted by atomic mass is 10.1. The molecule has 0 heterocycles. The van der Waals surface area contributed by atoms with E-state index in [4.69, 9.17) is 14.2 Å². The van der Waals surface area contributed by atoms with E-state index in [0.29, 0.717) is 17.0 Å². The Balaban J connectivity index is 2.29. The molecule has 26 heavy (non-hydrogen) atoms. The predicted molar refractivity (Wildman–Crippen MR) is 96.4 cm³/mol. The Hall–Kier alpha value is -3.66. The Morgan fingerprint density at radius 3 is 2.12 bits per heavy atom. The molecule has 0 saturated heterocycles. The summed E-state index contributed by atoms with van der Waals surface area (Å²) in [6.45, 7) is 0. The lowest BCUT2D eigenvalue weighted by Crippen LogP contribution is -2.13. The summed E-state index contributed by atoms with van der Waals surface area (Å²) < 4.78 is 15.2. The van der Waals surface area contributed by atoms with Crippen LogP contribution in [0.1, 0.15) is 5.56 Å². The number of hydrogen-bond acceptors (Lipinski definition) is 6. The number of phenolic OH excluding ortho intramolecular Hbond substituents is 1. The number of nitrogens with one attached hydrogen (secondary N) is 1. The number of rotatable bonds is 6. The van der Waals surface area contributed by atoms with E-state index >= 15 is 0 Å². The highest BCUT2D eigenvalue weighted by atomic mass is 16.5. The van der Waals surface area contributed by atoms with Gasteiger partial charge in [0.05, 0.1) is 21.3 Å². The molecule has 134 valence electrons. The van der Waals surface area contributed by atoms with Crippen molar-refractivity contribution in [2.45, 2.75) is 0 Å². The van der Waals surface area contributed by atoms with E-state index in [1.807, 2.05) is 6.07 Å². The molecule has 2 aromatic rings. The van der Waals surface area contributed by atoms with Gasteiger partial charge in [0, 0.05) is 5.69 Å². The van der Waals surface area contributed by atoms with Crippen LogP contribution in [0.2, 0.25) is 0 Å². The minimum atomic E-state index is -0.566. The van der Waals surface area contributed by atoms with Crippen LogP contribution in [0.15, 0.2) is 42.0 Å². The third-order valence-electron chi connectivity index (χ3n) is 3.53. The summed E-state index contributed by atoms with van der Waals surface area (Å²) >= 11 is 0. The highest BCUT2D eigenvalue weighted by molar-refractivity contribution is 6.09. The van der Waals surface area contributed by atoms with Crippen LogP contribution in [0.3, 0.4) is 0 Å². The lowest BCUT2D eigenvalue weighted by molar-refractivity contribution is -0.112. The number of carbonyl (C=O) groups excluding carboxylic acids is 1. The second kappa shape index (κ2) is 8.44. The Bertz CT molecular complexity index is 841. The summed E-state index contributed by atoms with van der Waals surface area (Å²) in [6, 6.07) is 11.6. The molecule has 0 spiro atoms. The second-order valence-electron chi connectivity index (χ2n) is 5.13. The van der Waals surface area contributed by atoms with Gasteiger partial charge in [0.2, 0.25) is 5.75 Å². The van der Waals surface area contributed by atoms with Gasteiger partial charge in [-0.1, -0.05) is 0 Å². The summed E-state index contributed by atoms with van der Waals surface area (Å²) in [5.74, 6) is 0.270. The minimum absolute atomic E-state index is 0.115. The van der Waals surface area contributed by atoms with Crippen LogP contribution in [0.25, 0.3) is 6.08 Å². The van der Waals surface area contributed by atoms with Crippen LogP contribution in [-0.2, 0) is 4.79 Å². The zero-order valence-corrected chi connectivity index (χ0v) is 14.6. The van der Waals surface area contributed by atoms with Crippen LogP contribution in [0.5, 0.6) is 23.0 Å². The minimum Gasteiger partial charge on any atom is -0.502 e. The largest absolute Gasteiger partial charge is 0.502 e. The number of methoxy groups -OCH3 is 3. The van der Waals surface area contributed by atoms with E-state index in [9.17, 15) is 15.2 Å². The highest BCUT2D eigenvalue weighted by Gasteiger charge is 2.13. The summed E-state index contributed by atoms with van der Waals surface area (Å²) in [4.78, 5) is 12.3. The van der Waals surface area contributed by atoms with Crippen molar-refractivity contribution in [1.82, 2.24) is 0 Å². The maximum atomic E-state index is 12.3. The first-order valence-electron chi connectivity index (χ1n) is 7.54. The molecule has 0 aliphatic rings. The lowest BCUT2D eigenvalue weighted by Gasteiger charge is -2.10. The number of nitrogens with zero attached hydrogens (tertiary/aromatic N) is 1. The maximum absolute atomic E-state index is 12.3. The quantitative estimate of drug-likeness (QED) is 0.611. The molecule has 0 unspecified atom stereocenters. The van der Waals surface area contributed by atoms with E-state index in [1.54, 1.807) is 31.4 Å². The molecule has 7 nitrogen and oxygen atoms in total. The van der Waals surface area contributed by atoms with Gasteiger partial charge < -0.3 is 24.6 Å². The molecule has 2 N–H and O–H groups in total. The van der Waals surface area contributed by atoms with Crippen molar-refractivity contribution >= 4 is 17.7 Å². The Kier molecular flexibility index (Phi) is 6.06. The number of nitriles is 1. The summed E-state index contributed by atoms with van der Waals surface area (Å²) in [5.41, 5.74) is 0.881. The van der Waals surface area contributed by atoms with Crippen molar-refractivity contribution in [2.75, 3.05) is 26.6 Å². The Morgan fingerprint density at radius 1 is 1.08 bits per heavy atom. The number of carbonyl (C=O) groups is 1. The molecule has 7 heteroatoms. The molecular weight excluding hydrogens is 336 g/mol. The molecule has 0 fully saturated rings. The number of anilines is 1. The number of phenols is 1. The fraction of sp³-hybridized carbons (Fsp3) is 0.158. The first-order chi connectivity index (χ1) is 12.5. The molecule has 2 aromatic carbocycles. The van der Waals surface area contributed by atoms with Gasteiger partial charge in [-0.3, -0.25) is 4.79 Å². The number of aromatic hydroxyl groups is 1. The van der Waals surface area contributed by atoms with Gasteiger partial charge in [-0.25, -0.2) is 0 Å². The zero-order valence-electron chi connectivity index (χ0n) is 14.6. The van der Waals surface area contributed by atoms with Gasteiger partial charge in [-0.2, -0.15) is 5.26 Å². The molecule has 0 atom stereocenters. The van der Waals surface area contributed by atoms with E-state index < -0.39 is 5.91 Å². The van der Waals surface area contributed by atoms with Gasteiger partial charge >= 0.3 is 0 Å². The zero-order chi connectivity index (χ0) is 19.1. The molecule has 0 bridgehead atoms. The molecule has 0 radical (unpaired) electrons. The van der Waals surface area contributed by atoms with E-state index in [-0.39, 0.29) is 22.8 Å². The first kappa shape index (κ1) is 18.7.